The van der Waals surface area contributed by atoms with Crippen LogP contribution >= 0.6 is 0 Å². The molecule has 0 atom stereocenters. The Balaban J connectivity index is 3.84. The topological polar surface area (TPSA) is 89.3 Å². The van der Waals surface area contributed by atoms with Gasteiger partial charge in [-0.15, -0.1) is 0 Å². The Morgan fingerprint density at radius 3 is 2.00 bits per heavy atom. The summed E-state index contributed by atoms with van der Waals surface area (Å²) in [7, 11) is -3.79. The smallest absolute Gasteiger partial charge is 0.278 e. The first-order valence-corrected chi connectivity index (χ1v) is 2.84. The van der Waals surface area contributed by atoms with Crippen molar-refractivity contribution in [2.24, 2.45) is 5.14 Å². The molecule has 0 aliphatic carbocycles. The van der Waals surface area contributed by atoms with Gasteiger partial charge in [0.2, 0.25) is 6.41 Å². The standard InChI is InChI=1S/CH4N2O3S/c2-7(5,6)3-1-4/h1H,(H,3,4)(H2,2,5,6). The molecule has 1 amide bonds. The Labute approximate surface area is 40.7 Å². The van der Waals surface area contributed by atoms with Gasteiger partial charge in [-0.2, -0.15) is 8.42 Å². The molecule has 3 N–H and O–H groups in total. The molecule has 0 unspecified atom stereocenters. The zero-order chi connectivity index (χ0) is 5.91. The number of rotatable bonds is 2. The van der Waals surface area contributed by atoms with Crippen LogP contribution in [0.1, 0.15) is 0 Å². The van der Waals surface area contributed by atoms with E-state index in [9.17, 15) is 13.2 Å². The van der Waals surface area contributed by atoms with Crippen LogP contribution in [0, 0.1) is 0 Å². The van der Waals surface area contributed by atoms with Crippen LogP contribution in [-0.4, -0.2) is 14.8 Å². The summed E-state index contributed by atoms with van der Waals surface area (Å²) in [6.07, 6.45) is -0.00463. The number of nitrogens with two attached hydrogens (primary N) is 1. The first-order valence-electron chi connectivity index (χ1n) is 1.30. The number of nitrogens with one attached hydrogen (secondary N) is 1. The molecule has 0 heterocycles. The van der Waals surface area contributed by atoms with E-state index in [-0.39, 0.29) is 6.41 Å². The second kappa shape index (κ2) is 1.90. The van der Waals surface area contributed by atoms with Crippen molar-refractivity contribution in [2.75, 3.05) is 0 Å². The monoisotopic (exact) mass is 124 g/mol. The second-order valence-electron chi connectivity index (χ2n) is 0.781. The molecule has 0 saturated carbocycles. The van der Waals surface area contributed by atoms with E-state index in [1.165, 1.54) is 4.72 Å². The third-order valence-corrected chi connectivity index (χ3v) is 0.637. The van der Waals surface area contributed by atoms with Crippen LogP contribution in [-0.2, 0) is 15.0 Å². The molecule has 0 aliphatic rings. The molecule has 0 fully saturated rings. The highest BCUT2D eigenvalue weighted by Crippen LogP contribution is 1.55. The molecule has 0 radical (unpaired) electrons. The molecule has 0 rings (SSSR count). The van der Waals surface area contributed by atoms with Crippen molar-refractivity contribution in [1.29, 1.82) is 0 Å². The van der Waals surface area contributed by atoms with Crippen LogP contribution in [0.2, 0.25) is 0 Å². The Morgan fingerprint density at radius 1 is 1.57 bits per heavy atom. The van der Waals surface area contributed by atoms with Crippen LogP contribution in [0.4, 0.5) is 0 Å². The fourth-order valence-corrected chi connectivity index (χ4v) is 0.201. The minimum atomic E-state index is -3.79. The Kier molecular flexibility index (Phi) is 1.73. The fourth-order valence-electron chi connectivity index (χ4n) is 0.0671. The van der Waals surface area contributed by atoms with E-state index in [1.807, 2.05) is 0 Å². The third kappa shape index (κ3) is 5.38. The van der Waals surface area contributed by atoms with Gasteiger partial charge >= 0.3 is 0 Å². The minimum Gasteiger partial charge on any atom is -0.278 e. The van der Waals surface area contributed by atoms with Crippen LogP contribution in [0.15, 0.2) is 0 Å². The molecule has 42 valence electrons. The van der Waals surface area contributed by atoms with Crippen LogP contribution in [0.25, 0.3) is 0 Å². The summed E-state index contributed by atoms with van der Waals surface area (Å²) in [5, 5.41) is 4.28. The van der Waals surface area contributed by atoms with Crippen molar-refractivity contribution in [3.8, 4) is 0 Å². The van der Waals surface area contributed by atoms with Gasteiger partial charge in [0.1, 0.15) is 0 Å². The van der Waals surface area contributed by atoms with Crippen LogP contribution in [0.5, 0.6) is 0 Å². The molecule has 6 heteroatoms. The van der Waals surface area contributed by atoms with Crippen molar-refractivity contribution < 1.29 is 13.2 Å². The van der Waals surface area contributed by atoms with Gasteiger partial charge in [0.25, 0.3) is 10.2 Å². The molecule has 0 spiro atoms. The maximum absolute atomic E-state index is 9.67. The SMILES string of the molecule is NS(=O)(=O)NC=O. The first-order chi connectivity index (χ1) is 3.06. The van der Waals surface area contributed by atoms with Crippen molar-refractivity contribution in [1.82, 2.24) is 4.72 Å². The summed E-state index contributed by atoms with van der Waals surface area (Å²) in [6, 6.07) is 0. The normalized spacial score (nSPS) is 10.4. The Bertz CT molecular complexity index is 146. The lowest BCUT2D eigenvalue weighted by Crippen LogP contribution is -2.29. The summed E-state index contributed by atoms with van der Waals surface area (Å²) >= 11 is 0. The quantitative estimate of drug-likeness (QED) is 0.414. The summed E-state index contributed by atoms with van der Waals surface area (Å²) in [5.74, 6) is 0. The second-order valence-corrected chi connectivity index (χ2v) is 2.11. The molecule has 7 heavy (non-hydrogen) atoms. The van der Waals surface area contributed by atoms with Crippen LogP contribution < -0.4 is 9.86 Å². The van der Waals surface area contributed by atoms with Gasteiger partial charge in [-0.1, -0.05) is 0 Å². The summed E-state index contributed by atoms with van der Waals surface area (Å²) in [6.45, 7) is 0. The molecule has 0 aromatic rings. The van der Waals surface area contributed by atoms with E-state index in [2.05, 4.69) is 5.14 Å². The maximum atomic E-state index is 9.67. The Hall–Kier alpha value is -0.620. The lowest BCUT2D eigenvalue weighted by Gasteiger charge is -1.86. The van der Waals surface area contributed by atoms with Crippen LogP contribution in [0.3, 0.4) is 0 Å². The van der Waals surface area contributed by atoms with Gasteiger partial charge in [0.15, 0.2) is 0 Å². The largest absolute Gasteiger partial charge is 0.298 e. The lowest BCUT2D eigenvalue weighted by atomic mass is 11.5. The number of carbonyl (C=O) groups excluding carboxylic acids is 1. The number of carbonyl (C=O) groups is 1. The van der Waals surface area contributed by atoms with Gasteiger partial charge < -0.3 is 0 Å². The van der Waals surface area contributed by atoms with E-state index in [4.69, 9.17) is 0 Å². The molecule has 0 bridgehead atoms. The molecular formula is CH4N2O3S. The number of hydrogen-bond acceptors (Lipinski definition) is 3. The van der Waals surface area contributed by atoms with Gasteiger partial charge in [0.05, 0.1) is 0 Å². The van der Waals surface area contributed by atoms with E-state index in [0.717, 1.165) is 0 Å². The highest BCUT2D eigenvalue weighted by molar-refractivity contribution is 7.87. The zero-order valence-corrected chi connectivity index (χ0v) is 4.10. The van der Waals surface area contributed by atoms with Gasteiger partial charge in [0, 0.05) is 0 Å². The highest BCUT2D eigenvalue weighted by atomic mass is 32.2. The number of amides is 1. The average Bonchev–Trinajstić information content (AvgIpc) is 1.30. The predicted molar refractivity (Wildman–Crippen MR) is 22.3 cm³/mol. The van der Waals surface area contributed by atoms with E-state index >= 15 is 0 Å². The van der Waals surface area contributed by atoms with Gasteiger partial charge in [-0.25, -0.2) is 9.86 Å². The zero-order valence-electron chi connectivity index (χ0n) is 3.29. The highest BCUT2D eigenvalue weighted by Gasteiger charge is 1.92. The molecular weight excluding hydrogens is 120 g/mol. The predicted octanol–water partition coefficient (Wildman–Crippen LogP) is -2.06. The van der Waals surface area contributed by atoms with Gasteiger partial charge in [-0.05, 0) is 0 Å². The maximum Gasteiger partial charge on any atom is 0.298 e. The first kappa shape index (κ1) is 6.38. The molecule has 5 nitrogen and oxygen atoms in total. The van der Waals surface area contributed by atoms with E-state index in [1.54, 1.807) is 0 Å². The minimum absolute atomic E-state index is 0.00463. The fraction of sp³-hybridized carbons (Fsp3) is 0. The number of hydrogen-bond donors (Lipinski definition) is 2. The molecule has 0 saturated heterocycles. The van der Waals surface area contributed by atoms with Crippen molar-refractivity contribution in [2.45, 2.75) is 0 Å². The van der Waals surface area contributed by atoms with E-state index < -0.39 is 10.2 Å². The molecule has 0 aromatic carbocycles. The van der Waals surface area contributed by atoms with Crippen molar-refractivity contribution >= 4 is 16.6 Å². The molecule has 0 aromatic heterocycles. The van der Waals surface area contributed by atoms with Crippen molar-refractivity contribution in [3.05, 3.63) is 0 Å². The molecule has 0 aliphatic heterocycles. The Morgan fingerprint density at radius 2 is 2.00 bits per heavy atom. The summed E-state index contributed by atoms with van der Waals surface area (Å²) in [5.41, 5.74) is 0. The third-order valence-electron chi connectivity index (χ3n) is 0.212. The van der Waals surface area contributed by atoms with Gasteiger partial charge in [-0.3, -0.25) is 4.79 Å². The summed E-state index contributed by atoms with van der Waals surface area (Å²) in [4.78, 5) is 9.25. The lowest BCUT2D eigenvalue weighted by molar-refractivity contribution is -0.108. The van der Waals surface area contributed by atoms with Crippen molar-refractivity contribution in [3.63, 3.8) is 0 Å². The average molecular weight is 124 g/mol. The summed E-state index contributed by atoms with van der Waals surface area (Å²) < 4.78 is 20.7. The van der Waals surface area contributed by atoms with E-state index in [0.29, 0.717) is 0 Å².